The first-order chi connectivity index (χ1) is 9.18. The Balaban J connectivity index is 1.97. The second kappa shape index (κ2) is 6.74. The van der Waals surface area contributed by atoms with Gasteiger partial charge in [-0.1, -0.05) is 39.5 Å². The largest absolute Gasteiger partial charge is 0.351 e. The Morgan fingerprint density at radius 1 is 1.26 bits per heavy atom. The van der Waals surface area contributed by atoms with Crippen molar-refractivity contribution in [3.8, 4) is 0 Å². The van der Waals surface area contributed by atoms with Gasteiger partial charge in [0.05, 0.1) is 5.54 Å². The van der Waals surface area contributed by atoms with Gasteiger partial charge in [0.25, 0.3) is 0 Å². The van der Waals surface area contributed by atoms with Crippen molar-refractivity contribution in [2.75, 3.05) is 6.54 Å². The molecule has 0 aromatic carbocycles. The van der Waals surface area contributed by atoms with Crippen molar-refractivity contribution in [2.24, 2.45) is 5.92 Å². The third kappa shape index (κ3) is 3.50. The molecule has 3 heteroatoms. The Bertz CT molecular complexity index is 297. The molecule has 1 amide bonds. The van der Waals surface area contributed by atoms with Gasteiger partial charge in [0, 0.05) is 6.04 Å². The topological polar surface area (TPSA) is 41.1 Å². The van der Waals surface area contributed by atoms with Crippen LogP contribution in [0.4, 0.5) is 0 Å². The van der Waals surface area contributed by atoms with Crippen LogP contribution in [0.25, 0.3) is 0 Å². The van der Waals surface area contributed by atoms with Crippen molar-refractivity contribution in [3.05, 3.63) is 0 Å². The Hall–Kier alpha value is -0.570. The quantitative estimate of drug-likeness (QED) is 0.768. The minimum atomic E-state index is -0.263. The fourth-order valence-electron chi connectivity index (χ4n) is 3.77. The van der Waals surface area contributed by atoms with Crippen LogP contribution in [0, 0.1) is 5.92 Å². The number of carbonyl (C=O) groups excluding carboxylic acids is 1. The van der Waals surface area contributed by atoms with Crippen LogP contribution in [0.15, 0.2) is 0 Å². The molecule has 0 bridgehead atoms. The number of hydrogen-bond donors (Lipinski definition) is 2. The third-order valence-corrected chi connectivity index (χ3v) is 5.03. The van der Waals surface area contributed by atoms with Gasteiger partial charge >= 0.3 is 0 Å². The lowest BCUT2D eigenvalue weighted by Gasteiger charge is -2.32. The Labute approximate surface area is 117 Å². The summed E-state index contributed by atoms with van der Waals surface area (Å²) in [7, 11) is 0. The molecule has 0 aromatic rings. The van der Waals surface area contributed by atoms with Gasteiger partial charge in [-0.25, -0.2) is 0 Å². The van der Waals surface area contributed by atoms with Gasteiger partial charge in [-0.05, 0) is 44.6 Å². The fraction of sp³-hybridized carbons (Fsp3) is 0.938. The van der Waals surface area contributed by atoms with Crippen molar-refractivity contribution >= 4 is 5.91 Å². The molecular weight excluding hydrogens is 236 g/mol. The van der Waals surface area contributed by atoms with Crippen molar-refractivity contribution in [2.45, 2.75) is 83.2 Å². The van der Waals surface area contributed by atoms with Crippen molar-refractivity contribution in [1.82, 2.24) is 10.6 Å². The predicted octanol–water partition coefficient (Wildman–Crippen LogP) is 2.99. The highest BCUT2D eigenvalue weighted by Crippen LogP contribution is 2.27. The van der Waals surface area contributed by atoms with E-state index in [0.717, 1.165) is 38.6 Å². The Morgan fingerprint density at radius 2 is 2.05 bits per heavy atom. The molecular formula is C16H30N2O. The SMILES string of the molecule is CCCC1(C(=O)NC2CCCCCC2C)CCCN1. The summed E-state index contributed by atoms with van der Waals surface area (Å²) in [5, 5.41) is 6.85. The molecule has 2 N–H and O–H groups in total. The van der Waals surface area contributed by atoms with Gasteiger partial charge in [-0.3, -0.25) is 4.79 Å². The zero-order valence-electron chi connectivity index (χ0n) is 12.6. The van der Waals surface area contributed by atoms with Crippen LogP contribution in [-0.2, 0) is 4.79 Å². The molecule has 1 aliphatic carbocycles. The van der Waals surface area contributed by atoms with E-state index in [9.17, 15) is 4.79 Å². The maximum absolute atomic E-state index is 12.7. The van der Waals surface area contributed by atoms with Gasteiger partial charge in [0.1, 0.15) is 0 Å². The highest BCUT2D eigenvalue weighted by molar-refractivity contribution is 5.87. The average molecular weight is 266 g/mol. The molecule has 2 fully saturated rings. The van der Waals surface area contributed by atoms with Gasteiger partial charge in [-0.2, -0.15) is 0 Å². The van der Waals surface area contributed by atoms with E-state index in [1.807, 2.05) is 0 Å². The minimum Gasteiger partial charge on any atom is -0.351 e. The lowest BCUT2D eigenvalue weighted by molar-refractivity contribution is -0.128. The molecule has 19 heavy (non-hydrogen) atoms. The van der Waals surface area contributed by atoms with Crippen LogP contribution in [0.5, 0.6) is 0 Å². The van der Waals surface area contributed by atoms with E-state index in [0.29, 0.717) is 12.0 Å². The molecule has 110 valence electrons. The number of carbonyl (C=O) groups is 1. The fourth-order valence-corrected chi connectivity index (χ4v) is 3.77. The predicted molar refractivity (Wildman–Crippen MR) is 79.1 cm³/mol. The summed E-state index contributed by atoms with van der Waals surface area (Å²) < 4.78 is 0. The van der Waals surface area contributed by atoms with Gasteiger partial charge in [0.15, 0.2) is 0 Å². The molecule has 3 atom stereocenters. The van der Waals surface area contributed by atoms with Crippen LogP contribution in [0.2, 0.25) is 0 Å². The average Bonchev–Trinajstić information content (AvgIpc) is 2.78. The van der Waals surface area contributed by atoms with Crippen molar-refractivity contribution < 1.29 is 4.79 Å². The standard InChI is InChI=1S/C16H30N2O/c1-3-10-16(11-7-12-17-16)15(19)18-14-9-6-4-5-8-13(14)2/h13-14,17H,3-12H2,1-2H3,(H,18,19). The van der Waals surface area contributed by atoms with Crippen LogP contribution < -0.4 is 10.6 Å². The first-order valence-electron chi connectivity index (χ1n) is 8.24. The lowest BCUT2D eigenvalue weighted by Crippen LogP contribution is -2.56. The van der Waals surface area contributed by atoms with Gasteiger partial charge in [0.2, 0.25) is 5.91 Å². The second-order valence-corrected chi connectivity index (χ2v) is 6.56. The first kappa shape index (κ1) is 14.8. The second-order valence-electron chi connectivity index (χ2n) is 6.56. The summed E-state index contributed by atoms with van der Waals surface area (Å²) in [6.07, 6.45) is 10.5. The molecule has 1 saturated carbocycles. The number of nitrogens with one attached hydrogen (secondary N) is 2. The third-order valence-electron chi connectivity index (χ3n) is 5.03. The summed E-state index contributed by atoms with van der Waals surface area (Å²) in [5.74, 6) is 0.900. The summed E-state index contributed by atoms with van der Waals surface area (Å²) in [6.45, 7) is 5.46. The molecule has 0 aromatic heterocycles. The molecule has 3 nitrogen and oxygen atoms in total. The molecule has 2 aliphatic rings. The van der Waals surface area contributed by atoms with Crippen LogP contribution in [0.3, 0.4) is 0 Å². The lowest BCUT2D eigenvalue weighted by atomic mass is 9.89. The number of hydrogen-bond acceptors (Lipinski definition) is 2. The Morgan fingerprint density at radius 3 is 2.74 bits per heavy atom. The molecule has 2 rings (SSSR count). The van der Waals surface area contributed by atoms with Crippen molar-refractivity contribution in [3.63, 3.8) is 0 Å². The summed E-state index contributed by atoms with van der Waals surface area (Å²) in [4.78, 5) is 12.7. The van der Waals surface area contributed by atoms with E-state index >= 15 is 0 Å². The van der Waals surface area contributed by atoms with E-state index in [-0.39, 0.29) is 11.4 Å². The van der Waals surface area contributed by atoms with E-state index in [4.69, 9.17) is 0 Å². The van der Waals surface area contributed by atoms with Gasteiger partial charge < -0.3 is 10.6 Å². The minimum absolute atomic E-state index is 0.263. The highest BCUT2D eigenvalue weighted by Gasteiger charge is 2.41. The normalized spacial score (nSPS) is 35.9. The van der Waals surface area contributed by atoms with Crippen LogP contribution >= 0.6 is 0 Å². The molecule has 0 radical (unpaired) electrons. The zero-order chi connectivity index (χ0) is 13.7. The molecule has 1 aliphatic heterocycles. The summed E-state index contributed by atoms with van der Waals surface area (Å²) in [5.41, 5.74) is -0.263. The molecule has 1 saturated heterocycles. The monoisotopic (exact) mass is 266 g/mol. The highest BCUT2D eigenvalue weighted by atomic mass is 16.2. The van der Waals surface area contributed by atoms with Gasteiger partial charge in [-0.15, -0.1) is 0 Å². The summed E-state index contributed by atoms with van der Waals surface area (Å²) in [6, 6.07) is 0.395. The molecule has 0 spiro atoms. The maximum Gasteiger partial charge on any atom is 0.240 e. The smallest absolute Gasteiger partial charge is 0.240 e. The molecule has 1 heterocycles. The van der Waals surface area contributed by atoms with Crippen LogP contribution in [-0.4, -0.2) is 24.0 Å². The van der Waals surface area contributed by atoms with E-state index < -0.39 is 0 Å². The van der Waals surface area contributed by atoms with E-state index in [2.05, 4.69) is 24.5 Å². The van der Waals surface area contributed by atoms with E-state index in [1.165, 1.54) is 25.7 Å². The first-order valence-corrected chi connectivity index (χ1v) is 8.24. The zero-order valence-corrected chi connectivity index (χ0v) is 12.6. The van der Waals surface area contributed by atoms with Crippen molar-refractivity contribution in [1.29, 1.82) is 0 Å². The Kier molecular flexibility index (Phi) is 5.26. The number of rotatable bonds is 4. The van der Waals surface area contributed by atoms with Crippen LogP contribution in [0.1, 0.15) is 71.6 Å². The molecule has 3 unspecified atom stereocenters. The maximum atomic E-state index is 12.7. The number of amides is 1. The summed E-state index contributed by atoms with van der Waals surface area (Å²) >= 11 is 0. The van der Waals surface area contributed by atoms with E-state index in [1.54, 1.807) is 0 Å².